The van der Waals surface area contributed by atoms with Crippen LogP contribution >= 0.6 is 0 Å². The summed E-state index contributed by atoms with van der Waals surface area (Å²) in [6, 6.07) is 10.6. The molecular weight excluding hydrogens is 144 g/mol. The van der Waals surface area contributed by atoms with Gasteiger partial charge in [-0.25, -0.2) is 0 Å². The van der Waals surface area contributed by atoms with Crippen LogP contribution in [0.5, 0.6) is 0 Å². The zero-order chi connectivity index (χ0) is 8.65. The van der Waals surface area contributed by atoms with E-state index in [2.05, 4.69) is 42.2 Å². The molecule has 0 saturated carbocycles. The molecule has 0 saturated heterocycles. The van der Waals surface area contributed by atoms with Crippen LogP contribution in [0.3, 0.4) is 0 Å². The van der Waals surface area contributed by atoms with Gasteiger partial charge in [0.1, 0.15) is 0 Å². The van der Waals surface area contributed by atoms with Crippen molar-refractivity contribution in [3.05, 3.63) is 35.9 Å². The fourth-order valence-electron chi connectivity index (χ4n) is 1.15. The lowest BCUT2D eigenvalue weighted by Crippen LogP contribution is -1.82. The molecule has 62 valence electrons. The maximum atomic E-state index is 3.07. The molecule has 0 radical (unpaired) electrons. The molecule has 0 aliphatic heterocycles. The number of unbranched alkanes of at least 4 members (excludes halogenated alkanes) is 1. The number of benzene rings is 1. The third-order valence-corrected chi connectivity index (χ3v) is 1.79. The molecule has 0 aromatic heterocycles. The monoisotopic (exact) mass is 158 g/mol. The van der Waals surface area contributed by atoms with Crippen molar-refractivity contribution in [2.45, 2.75) is 26.2 Å². The minimum Gasteiger partial charge on any atom is -0.107 e. The van der Waals surface area contributed by atoms with E-state index in [1.165, 1.54) is 12.0 Å². The number of rotatable bonds is 3. The molecule has 0 nitrogen and oxygen atoms in total. The molecule has 0 amide bonds. The Bertz CT molecular complexity index is 261. The van der Waals surface area contributed by atoms with Crippen LogP contribution in [0.1, 0.15) is 25.3 Å². The van der Waals surface area contributed by atoms with Crippen molar-refractivity contribution in [2.24, 2.45) is 0 Å². The summed E-state index contributed by atoms with van der Waals surface area (Å²) in [6.45, 7) is 1.89. The first-order chi connectivity index (χ1) is 5.93. The average Bonchev–Trinajstić information content (AvgIpc) is 2.14. The summed E-state index contributed by atoms with van der Waals surface area (Å²) in [6.07, 6.45) is 3.34. The Morgan fingerprint density at radius 2 is 1.92 bits per heavy atom. The predicted molar refractivity (Wildman–Crippen MR) is 52.8 cm³/mol. The van der Waals surface area contributed by atoms with E-state index < -0.39 is 0 Å². The molecular formula is C12H14. The van der Waals surface area contributed by atoms with E-state index in [1.54, 1.807) is 0 Å². The Balaban J connectivity index is 2.27. The first-order valence-electron chi connectivity index (χ1n) is 4.37. The maximum absolute atomic E-state index is 3.07. The zero-order valence-corrected chi connectivity index (χ0v) is 7.51. The van der Waals surface area contributed by atoms with Crippen molar-refractivity contribution in [1.82, 2.24) is 0 Å². The smallest absolute Gasteiger partial charge is 0.00917 e. The lowest BCUT2D eigenvalue weighted by Gasteiger charge is -1.96. The highest BCUT2D eigenvalue weighted by atomic mass is 13.9. The second kappa shape index (κ2) is 5.43. The van der Waals surface area contributed by atoms with Gasteiger partial charge in [0.15, 0.2) is 0 Å². The Morgan fingerprint density at radius 3 is 2.58 bits per heavy atom. The summed E-state index contributed by atoms with van der Waals surface area (Å²) < 4.78 is 0. The quantitative estimate of drug-likeness (QED) is 0.468. The molecule has 12 heavy (non-hydrogen) atoms. The van der Waals surface area contributed by atoms with E-state index in [4.69, 9.17) is 0 Å². The lowest BCUT2D eigenvalue weighted by atomic mass is 10.1. The van der Waals surface area contributed by atoms with Gasteiger partial charge in [-0.1, -0.05) is 30.3 Å². The van der Waals surface area contributed by atoms with E-state index >= 15 is 0 Å². The SMILES string of the molecule is CC#CCCCc1ccccc1. The van der Waals surface area contributed by atoms with Crippen molar-refractivity contribution >= 4 is 0 Å². The third-order valence-electron chi connectivity index (χ3n) is 1.79. The van der Waals surface area contributed by atoms with Crippen LogP contribution in [0.4, 0.5) is 0 Å². The highest BCUT2D eigenvalue weighted by Crippen LogP contribution is 2.03. The summed E-state index contributed by atoms with van der Waals surface area (Å²) in [7, 11) is 0. The maximum Gasteiger partial charge on any atom is 0.00917 e. The standard InChI is InChI=1S/C12H14/c1-2-3-4-6-9-12-10-7-5-8-11-12/h5,7-8,10-11H,4,6,9H2,1H3. The fraction of sp³-hybridized carbons (Fsp3) is 0.333. The predicted octanol–water partition coefficient (Wildman–Crippen LogP) is 3.03. The molecule has 0 N–H and O–H groups in total. The van der Waals surface area contributed by atoms with E-state index in [1.807, 2.05) is 6.92 Å². The van der Waals surface area contributed by atoms with Crippen LogP contribution in [-0.2, 0) is 6.42 Å². The Hall–Kier alpha value is -1.22. The van der Waals surface area contributed by atoms with Gasteiger partial charge in [-0.05, 0) is 25.3 Å². The van der Waals surface area contributed by atoms with Gasteiger partial charge < -0.3 is 0 Å². The van der Waals surface area contributed by atoms with Crippen LogP contribution in [0.25, 0.3) is 0 Å². The average molecular weight is 158 g/mol. The molecule has 0 bridgehead atoms. The molecule has 0 fully saturated rings. The van der Waals surface area contributed by atoms with Gasteiger partial charge in [-0.15, -0.1) is 11.8 Å². The van der Waals surface area contributed by atoms with Crippen LogP contribution < -0.4 is 0 Å². The van der Waals surface area contributed by atoms with E-state index in [0.29, 0.717) is 0 Å². The second-order valence-corrected chi connectivity index (χ2v) is 2.77. The van der Waals surface area contributed by atoms with Gasteiger partial charge in [-0.2, -0.15) is 0 Å². The molecule has 1 aromatic carbocycles. The van der Waals surface area contributed by atoms with E-state index in [0.717, 1.165) is 12.8 Å². The molecule has 0 atom stereocenters. The van der Waals surface area contributed by atoms with E-state index in [9.17, 15) is 0 Å². The lowest BCUT2D eigenvalue weighted by molar-refractivity contribution is 0.857. The summed E-state index contributed by atoms with van der Waals surface area (Å²) in [5, 5.41) is 0. The van der Waals surface area contributed by atoms with Crippen LogP contribution in [0.2, 0.25) is 0 Å². The van der Waals surface area contributed by atoms with Gasteiger partial charge in [-0.3, -0.25) is 0 Å². The third kappa shape index (κ3) is 3.25. The van der Waals surface area contributed by atoms with Crippen LogP contribution in [-0.4, -0.2) is 0 Å². The molecule has 1 aromatic rings. The second-order valence-electron chi connectivity index (χ2n) is 2.77. The molecule has 0 unspecified atom stereocenters. The molecule has 0 spiro atoms. The summed E-state index contributed by atoms with van der Waals surface area (Å²) >= 11 is 0. The van der Waals surface area contributed by atoms with Crippen LogP contribution in [0, 0.1) is 11.8 Å². The number of aryl methyl sites for hydroxylation is 1. The minimum atomic E-state index is 1.02. The number of hydrogen-bond donors (Lipinski definition) is 0. The van der Waals surface area contributed by atoms with Crippen molar-refractivity contribution in [3.8, 4) is 11.8 Å². The number of hydrogen-bond acceptors (Lipinski definition) is 0. The van der Waals surface area contributed by atoms with Gasteiger partial charge in [0.2, 0.25) is 0 Å². The topological polar surface area (TPSA) is 0 Å². The summed E-state index contributed by atoms with van der Waals surface area (Å²) in [5.74, 6) is 5.97. The van der Waals surface area contributed by atoms with Gasteiger partial charge in [0.05, 0.1) is 0 Å². The molecule has 0 aliphatic carbocycles. The minimum absolute atomic E-state index is 1.02. The normalized spacial score (nSPS) is 8.75. The molecule has 0 heterocycles. The highest BCUT2D eigenvalue weighted by molar-refractivity contribution is 5.14. The molecule has 1 rings (SSSR count). The largest absolute Gasteiger partial charge is 0.107 e. The van der Waals surface area contributed by atoms with E-state index in [-0.39, 0.29) is 0 Å². The van der Waals surface area contributed by atoms with Gasteiger partial charge in [0.25, 0.3) is 0 Å². The Morgan fingerprint density at radius 1 is 1.17 bits per heavy atom. The zero-order valence-electron chi connectivity index (χ0n) is 7.51. The molecule has 0 aliphatic rings. The fourth-order valence-corrected chi connectivity index (χ4v) is 1.15. The van der Waals surface area contributed by atoms with Gasteiger partial charge in [0, 0.05) is 6.42 Å². The first-order valence-corrected chi connectivity index (χ1v) is 4.37. The van der Waals surface area contributed by atoms with Crippen molar-refractivity contribution in [2.75, 3.05) is 0 Å². The van der Waals surface area contributed by atoms with Crippen molar-refractivity contribution in [1.29, 1.82) is 0 Å². The Labute approximate surface area is 74.6 Å². The molecule has 0 heteroatoms. The van der Waals surface area contributed by atoms with Crippen molar-refractivity contribution in [3.63, 3.8) is 0 Å². The van der Waals surface area contributed by atoms with Crippen LogP contribution in [0.15, 0.2) is 30.3 Å². The summed E-state index contributed by atoms with van der Waals surface area (Å²) in [4.78, 5) is 0. The van der Waals surface area contributed by atoms with Crippen molar-refractivity contribution < 1.29 is 0 Å². The highest BCUT2D eigenvalue weighted by Gasteiger charge is 1.88. The summed E-state index contributed by atoms with van der Waals surface area (Å²) in [5.41, 5.74) is 1.41. The Kier molecular flexibility index (Phi) is 4.02. The van der Waals surface area contributed by atoms with Gasteiger partial charge >= 0.3 is 0 Å². The first kappa shape index (κ1) is 8.87.